The number of benzene rings is 2. The molecule has 3 rings (SSSR count). The summed E-state index contributed by atoms with van der Waals surface area (Å²) in [6, 6.07) is 11.7. The maximum absolute atomic E-state index is 9.17. The number of nitrogens with one attached hydrogen (secondary N) is 3. The number of halogens is 3. The Labute approximate surface area is 168 Å². The maximum atomic E-state index is 9.17. The highest BCUT2D eigenvalue weighted by Gasteiger charge is 2.12. The van der Waals surface area contributed by atoms with E-state index in [1.54, 1.807) is 24.3 Å². The van der Waals surface area contributed by atoms with Gasteiger partial charge in [0.15, 0.2) is 0 Å². The zero-order valence-electron chi connectivity index (χ0n) is 13.3. The van der Waals surface area contributed by atoms with Gasteiger partial charge >= 0.3 is 0 Å². The molecular formula is C16H10Cl3N7O. The van der Waals surface area contributed by atoms with Crippen molar-refractivity contribution >= 4 is 64.0 Å². The summed E-state index contributed by atoms with van der Waals surface area (Å²) in [6.07, 6.45) is 0. The molecule has 0 unspecified atom stereocenters. The normalized spacial score (nSPS) is 10.2. The minimum absolute atomic E-state index is 0.0730. The summed E-state index contributed by atoms with van der Waals surface area (Å²) in [7, 11) is 0. The van der Waals surface area contributed by atoms with Gasteiger partial charge < -0.3 is 10.6 Å². The zero-order valence-corrected chi connectivity index (χ0v) is 15.6. The molecular weight excluding hydrogens is 413 g/mol. The fourth-order valence-electron chi connectivity index (χ4n) is 2.07. The van der Waals surface area contributed by atoms with Gasteiger partial charge in [-0.25, -0.2) is 5.48 Å². The van der Waals surface area contributed by atoms with Gasteiger partial charge in [-0.3, -0.25) is 5.21 Å². The Morgan fingerprint density at radius 3 is 1.96 bits per heavy atom. The van der Waals surface area contributed by atoms with E-state index < -0.39 is 0 Å². The van der Waals surface area contributed by atoms with Gasteiger partial charge in [0, 0.05) is 10.7 Å². The predicted molar refractivity (Wildman–Crippen MR) is 104 cm³/mol. The van der Waals surface area contributed by atoms with E-state index in [0.29, 0.717) is 22.0 Å². The summed E-state index contributed by atoms with van der Waals surface area (Å²) < 4.78 is 0. The monoisotopic (exact) mass is 421 g/mol. The second-order valence-electron chi connectivity index (χ2n) is 5.10. The van der Waals surface area contributed by atoms with Crippen LogP contribution in [0.15, 0.2) is 36.4 Å². The molecule has 0 saturated heterocycles. The van der Waals surface area contributed by atoms with E-state index in [9.17, 15) is 0 Å². The van der Waals surface area contributed by atoms with Crippen LogP contribution in [0.4, 0.5) is 29.2 Å². The van der Waals surface area contributed by atoms with E-state index in [4.69, 9.17) is 45.3 Å². The molecule has 0 spiro atoms. The van der Waals surface area contributed by atoms with Crippen molar-refractivity contribution in [3.05, 3.63) is 57.0 Å². The van der Waals surface area contributed by atoms with Crippen molar-refractivity contribution < 1.29 is 5.21 Å². The lowest BCUT2D eigenvalue weighted by Gasteiger charge is -2.12. The van der Waals surface area contributed by atoms with Crippen molar-refractivity contribution in [3.8, 4) is 6.07 Å². The van der Waals surface area contributed by atoms with Gasteiger partial charge in [-0.2, -0.15) is 20.2 Å². The van der Waals surface area contributed by atoms with Crippen molar-refractivity contribution in [3.63, 3.8) is 0 Å². The van der Waals surface area contributed by atoms with Crippen LogP contribution in [0.5, 0.6) is 0 Å². The lowest BCUT2D eigenvalue weighted by molar-refractivity contribution is 0.382. The highest BCUT2D eigenvalue weighted by Crippen LogP contribution is 2.35. The number of aromatic nitrogens is 3. The first-order valence-corrected chi connectivity index (χ1v) is 8.47. The van der Waals surface area contributed by atoms with E-state index in [-0.39, 0.29) is 27.9 Å². The minimum atomic E-state index is -0.107. The summed E-state index contributed by atoms with van der Waals surface area (Å²) in [5, 5.41) is 24.8. The molecule has 11 heteroatoms. The maximum Gasteiger partial charge on any atom is 0.253 e. The number of hydrogen-bond acceptors (Lipinski definition) is 8. The molecule has 0 aliphatic heterocycles. The quantitative estimate of drug-likeness (QED) is 0.424. The van der Waals surface area contributed by atoms with Gasteiger partial charge in [0.25, 0.3) is 5.95 Å². The molecule has 0 aliphatic rings. The second-order valence-corrected chi connectivity index (χ2v) is 6.35. The van der Waals surface area contributed by atoms with E-state index in [2.05, 4.69) is 25.6 Å². The zero-order chi connectivity index (χ0) is 19.4. The molecule has 0 saturated carbocycles. The number of nitrogens with zero attached hydrogens (tertiary/aromatic N) is 4. The standard InChI is InChI=1S/C16H10Cl3N7O/c17-9-5-11(18)13(12(19)6-9)22-15-23-14(24-16(25-15)26-27)21-10-3-1-8(7-20)2-4-10/h1-6,27H,(H3,21,22,23,24,25,26). The molecule has 1 heterocycles. The summed E-state index contributed by atoms with van der Waals surface area (Å²) in [4.78, 5) is 12.2. The average molecular weight is 423 g/mol. The van der Waals surface area contributed by atoms with Crippen LogP contribution < -0.4 is 16.1 Å². The van der Waals surface area contributed by atoms with Crippen LogP contribution in [-0.2, 0) is 0 Å². The average Bonchev–Trinajstić information content (AvgIpc) is 2.65. The molecule has 1 aromatic heterocycles. The van der Waals surface area contributed by atoms with Gasteiger partial charge in [0.05, 0.1) is 27.4 Å². The van der Waals surface area contributed by atoms with Crippen LogP contribution in [0.1, 0.15) is 5.56 Å². The summed E-state index contributed by atoms with van der Waals surface area (Å²) in [6.45, 7) is 0. The Morgan fingerprint density at radius 2 is 1.41 bits per heavy atom. The Morgan fingerprint density at radius 1 is 0.852 bits per heavy atom. The van der Waals surface area contributed by atoms with Gasteiger partial charge in [-0.15, -0.1) is 0 Å². The highest BCUT2D eigenvalue weighted by molar-refractivity contribution is 6.41. The number of nitriles is 1. The van der Waals surface area contributed by atoms with Crippen molar-refractivity contribution in [1.29, 1.82) is 5.26 Å². The molecule has 0 amide bonds. The third kappa shape index (κ3) is 4.67. The SMILES string of the molecule is N#Cc1ccc(Nc2nc(NO)nc(Nc3c(Cl)cc(Cl)cc3Cl)n2)cc1. The number of hydrogen-bond donors (Lipinski definition) is 4. The number of anilines is 5. The molecule has 8 nitrogen and oxygen atoms in total. The van der Waals surface area contributed by atoms with Crippen LogP contribution in [0.25, 0.3) is 0 Å². The lowest BCUT2D eigenvalue weighted by Crippen LogP contribution is -2.07. The first-order valence-electron chi connectivity index (χ1n) is 7.33. The molecule has 4 N–H and O–H groups in total. The van der Waals surface area contributed by atoms with Crippen molar-refractivity contribution in [2.75, 3.05) is 16.1 Å². The first kappa shape index (κ1) is 18.9. The van der Waals surface area contributed by atoms with E-state index >= 15 is 0 Å². The fourth-order valence-corrected chi connectivity index (χ4v) is 2.98. The van der Waals surface area contributed by atoms with Crippen LogP contribution in [-0.4, -0.2) is 20.2 Å². The molecule has 0 bridgehead atoms. The van der Waals surface area contributed by atoms with E-state index in [0.717, 1.165) is 0 Å². The first-order chi connectivity index (χ1) is 13.0. The van der Waals surface area contributed by atoms with Crippen LogP contribution in [0, 0.1) is 11.3 Å². The van der Waals surface area contributed by atoms with Crippen LogP contribution in [0.3, 0.4) is 0 Å². The van der Waals surface area contributed by atoms with Gasteiger partial charge in [-0.05, 0) is 36.4 Å². The molecule has 0 fully saturated rings. The third-order valence-electron chi connectivity index (χ3n) is 3.25. The second kappa shape index (κ2) is 8.24. The molecule has 2 aromatic carbocycles. The van der Waals surface area contributed by atoms with Crippen LogP contribution in [0.2, 0.25) is 15.1 Å². The lowest BCUT2D eigenvalue weighted by atomic mass is 10.2. The summed E-state index contributed by atoms with van der Waals surface area (Å²) in [5.41, 5.74) is 3.37. The van der Waals surface area contributed by atoms with Crippen LogP contribution >= 0.6 is 34.8 Å². The minimum Gasteiger partial charge on any atom is -0.324 e. The van der Waals surface area contributed by atoms with Gasteiger partial charge in [0.2, 0.25) is 11.9 Å². The molecule has 136 valence electrons. The Bertz CT molecular complexity index is 999. The molecule has 0 radical (unpaired) electrons. The number of rotatable bonds is 5. The molecule has 3 aromatic rings. The predicted octanol–water partition coefficient (Wildman–Crippen LogP) is 4.99. The molecule has 27 heavy (non-hydrogen) atoms. The van der Waals surface area contributed by atoms with Crippen molar-refractivity contribution in [2.24, 2.45) is 0 Å². The Hall–Kier alpha value is -2.83. The third-order valence-corrected chi connectivity index (χ3v) is 4.06. The van der Waals surface area contributed by atoms with E-state index in [1.807, 2.05) is 11.5 Å². The van der Waals surface area contributed by atoms with Crippen molar-refractivity contribution in [1.82, 2.24) is 15.0 Å². The highest BCUT2D eigenvalue weighted by atomic mass is 35.5. The van der Waals surface area contributed by atoms with Crippen molar-refractivity contribution in [2.45, 2.75) is 0 Å². The Balaban J connectivity index is 1.90. The fraction of sp³-hybridized carbons (Fsp3) is 0. The Kier molecular flexibility index (Phi) is 5.78. The van der Waals surface area contributed by atoms with E-state index in [1.165, 1.54) is 12.1 Å². The van der Waals surface area contributed by atoms with Gasteiger partial charge in [0.1, 0.15) is 0 Å². The summed E-state index contributed by atoms with van der Waals surface area (Å²) in [5.74, 6) is 0.101. The topological polar surface area (TPSA) is 119 Å². The molecule has 0 atom stereocenters. The summed E-state index contributed by atoms with van der Waals surface area (Å²) >= 11 is 18.2. The smallest absolute Gasteiger partial charge is 0.253 e. The van der Waals surface area contributed by atoms with Gasteiger partial charge in [-0.1, -0.05) is 34.8 Å². The largest absolute Gasteiger partial charge is 0.324 e. The molecule has 0 aliphatic carbocycles.